The van der Waals surface area contributed by atoms with Crippen LogP contribution < -0.4 is 5.11 Å². The molecule has 0 saturated heterocycles. The molecule has 0 aromatic heterocycles. The van der Waals surface area contributed by atoms with E-state index in [2.05, 4.69) is 4.99 Å². The van der Waals surface area contributed by atoms with Crippen molar-refractivity contribution in [1.29, 1.82) is 0 Å². The molecule has 0 saturated carbocycles. The Morgan fingerprint density at radius 1 is 1.50 bits per heavy atom. The number of hydrogen-bond donors (Lipinski definition) is 2. The van der Waals surface area contributed by atoms with Crippen LogP contribution >= 0.6 is 0 Å². The second-order valence-corrected chi connectivity index (χ2v) is 3.34. The van der Waals surface area contributed by atoms with Crippen molar-refractivity contribution in [1.82, 2.24) is 0 Å². The van der Waals surface area contributed by atoms with E-state index < -0.39 is 18.1 Å². The highest BCUT2D eigenvalue weighted by atomic mass is 16.4. The van der Waals surface area contributed by atoms with E-state index in [0.717, 1.165) is 0 Å². The van der Waals surface area contributed by atoms with Crippen LogP contribution in [0.5, 0.6) is 5.75 Å². The van der Waals surface area contributed by atoms with Crippen LogP contribution in [0.4, 0.5) is 0 Å². The number of benzene rings is 1. The molecule has 2 atom stereocenters. The molecule has 1 rings (SSSR count). The monoisotopic (exact) mass is 222 g/mol. The topological polar surface area (TPSA) is 93.0 Å². The number of carboxylic acid groups (broad SMARTS) is 1. The van der Waals surface area contributed by atoms with Gasteiger partial charge in [0.1, 0.15) is 0 Å². The quantitative estimate of drug-likeness (QED) is 0.702. The normalized spacial score (nSPS) is 14.9. The molecular weight excluding hydrogens is 210 g/mol. The van der Waals surface area contributed by atoms with Crippen molar-refractivity contribution < 1.29 is 20.1 Å². The van der Waals surface area contributed by atoms with Crippen molar-refractivity contribution in [3.05, 3.63) is 29.8 Å². The lowest BCUT2D eigenvalue weighted by atomic mass is 10.2. The van der Waals surface area contributed by atoms with E-state index in [4.69, 9.17) is 10.2 Å². The average molecular weight is 222 g/mol. The third kappa shape index (κ3) is 3.06. The molecule has 1 aromatic rings. The summed E-state index contributed by atoms with van der Waals surface area (Å²) >= 11 is 0. The lowest BCUT2D eigenvalue weighted by molar-refractivity contribution is -0.268. The van der Waals surface area contributed by atoms with E-state index in [1.54, 1.807) is 12.1 Å². The molecule has 0 fully saturated rings. The fourth-order valence-corrected chi connectivity index (χ4v) is 1.14. The SMILES string of the molecule is CC(O)C(N=Cc1ccccc1[O-])C(=O)O. The fraction of sp³-hybridized carbons (Fsp3) is 0.273. The van der Waals surface area contributed by atoms with E-state index in [9.17, 15) is 9.90 Å². The van der Waals surface area contributed by atoms with Gasteiger partial charge in [-0.2, -0.15) is 0 Å². The Hall–Kier alpha value is -1.88. The zero-order valence-electron chi connectivity index (χ0n) is 8.70. The highest BCUT2D eigenvalue weighted by molar-refractivity contribution is 5.85. The summed E-state index contributed by atoms with van der Waals surface area (Å²) in [6.07, 6.45) is 0.0703. The van der Waals surface area contributed by atoms with Crippen LogP contribution in [0.15, 0.2) is 29.3 Å². The molecule has 0 spiro atoms. The van der Waals surface area contributed by atoms with Crippen molar-refractivity contribution in [3.8, 4) is 5.75 Å². The van der Waals surface area contributed by atoms with Gasteiger partial charge in [-0.05, 0) is 12.5 Å². The molecule has 0 aliphatic carbocycles. The van der Waals surface area contributed by atoms with E-state index in [0.29, 0.717) is 5.56 Å². The van der Waals surface area contributed by atoms with E-state index in [1.165, 1.54) is 25.3 Å². The molecule has 2 unspecified atom stereocenters. The number of aliphatic imine (C=N–C) groups is 1. The van der Waals surface area contributed by atoms with Crippen molar-refractivity contribution in [2.75, 3.05) is 0 Å². The summed E-state index contributed by atoms with van der Waals surface area (Å²) in [4.78, 5) is 14.4. The standard InChI is InChI=1S/C11H13NO4/c1-7(13)10(11(15)16)12-6-8-4-2-3-5-9(8)14/h2-7,10,13-14H,1H3,(H,15,16)/p-1. The number of aliphatic carboxylic acids is 1. The molecule has 86 valence electrons. The van der Waals surface area contributed by atoms with Gasteiger partial charge in [-0.15, -0.1) is 5.75 Å². The Balaban J connectivity index is 2.87. The molecule has 0 bridgehead atoms. The summed E-state index contributed by atoms with van der Waals surface area (Å²) in [6, 6.07) is 4.88. The molecule has 0 radical (unpaired) electrons. The fourth-order valence-electron chi connectivity index (χ4n) is 1.14. The Morgan fingerprint density at radius 3 is 2.62 bits per heavy atom. The molecule has 0 aliphatic heterocycles. The van der Waals surface area contributed by atoms with Crippen LogP contribution in [-0.4, -0.2) is 34.5 Å². The highest BCUT2D eigenvalue weighted by Crippen LogP contribution is 2.10. The first kappa shape index (κ1) is 12.2. The Kier molecular flexibility index (Phi) is 4.02. The summed E-state index contributed by atoms with van der Waals surface area (Å²) in [5.74, 6) is -1.46. The van der Waals surface area contributed by atoms with Gasteiger partial charge in [-0.25, -0.2) is 4.79 Å². The lowest BCUT2D eigenvalue weighted by Gasteiger charge is -2.12. The van der Waals surface area contributed by atoms with Crippen LogP contribution in [0.2, 0.25) is 0 Å². The highest BCUT2D eigenvalue weighted by Gasteiger charge is 2.20. The summed E-state index contributed by atoms with van der Waals surface area (Å²) in [7, 11) is 0. The first-order valence-electron chi connectivity index (χ1n) is 4.72. The molecule has 2 N–H and O–H groups in total. The van der Waals surface area contributed by atoms with E-state index >= 15 is 0 Å². The van der Waals surface area contributed by atoms with Gasteiger partial charge >= 0.3 is 5.97 Å². The molecule has 0 aliphatic rings. The van der Waals surface area contributed by atoms with Crippen LogP contribution in [0.1, 0.15) is 12.5 Å². The Bertz CT molecular complexity index is 401. The Labute approximate surface area is 92.7 Å². The molecular formula is C11H12NO4-. The Morgan fingerprint density at radius 2 is 2.12 bits per heavy atom. The minimum Gasteiger partial charge on any atom is -0.872 e. The lowest BCUT2D eigenvalue weighted by Crippen LogP contribution is -2.30. The molecule has 0 heterocycles. The smallest absolute Gasteiger partial charge is 0.331 e. The second kappa shape index (κ2) is 5.27. The predicted molar refractivity (Wildman–Crippen MR) is 56.6 cm³/mol. The van der Waals surface area contributed by atoms with Crippen molar-refractivity contribution in [2.45, 2.75) is 19.1 Å². The third-order valence-corrected chi connectivity index (χ3v) is 2.00. The third-order valence-electron chi connectivity index (χ3n) is 2.00. The zero-order chi connectivity index (χ0) is 12.1. The van der Waals surface area contributed by atoms with Gasteiger partial charge in [-0.3, -0.25) is 4.99 Å². The first-order chi connectivity index (χ1) is 7.52. The van der Waals surface area contributed by atoms with Crippen molar-refractivity contribution in [2.24, 2.45) is 4.99 Å². The minimum absolute atomic E-state index is 0.235. The van der Waals surface area contributed by atoms with Crippen LogP contribution in [0.3, 0.4) is 0 Å². The molecule has 5 nitrogen and oxygen atoms in total. The van der Waals surface area contributed by atoms with Gasteiger partial charge in [0.05, 0.1) is 6.10 Å². The summed E-state index contributed by atoms with van der Waals surface area (Å²) in [5.41, 5.74) is 0.300. The van der Waals surface area contributed by atoms with Crippen LogP contribution in [0, 0.1) is 0 Å². The molecule has 0 amide bonds. The zero-order valence-corrected chi connectivity index (χ0v) is 8.70. The maximum Gasteiger partial charge on any atom is 0.331 e. The number of hydrogen-bond acceptors (Lipinski definition) is 4. The van der Waals surface area contributed by atoms with Crippen molar-refractivity contribution in [3.63, 3.8) is 0 Å². The van der Waals surface area contributed by atoms with Gasteiger partial charge in [-0.1, -0.05) is 24.3 Å². The number of carbonyl (C=O) groups is 1. The van der Waals surface area contributed by atoms with Crippen molar-refractivity contribution >= 4 is 12.2 Å². The number of para-hydroxylation sites is 1. The van der Waals surface area contributed by atoms with Gasteiger partial charge in [0, 0.05) is 6.21 Å². The summed E-state index contributed by atoms with van der Waals surface area (Å²) < 4.78 is 0. The maximum atomic E-state index is 11.3. The largest absolute Gasteiger partial charge is 0.872 e. The van der Waals surface area contributed by atoms with Gasteiger partial charge < -0.3 is 15.3 Å². The van der Waals surface area contributed by atoms with Crippen LogP contribution in [0.25, 0.3) is 0 Å². The average Bonchev–Trinajstić information content (AvgIpc) is 2.20. The van der Waals surface area contributed by atoms with Gasteiger partial charge in [0.15, 0.2) is 6.04 Å². The number of aliphatic hydroxyl groups is 1. The molecule has 16 heavy (non-hydrogen) atoms. The van der Waals surface area contributed by atoms with E-state index in [1.807, 2.05) is 0 Å². The van der Waals surface area contributed by atoms with Gasteiger partial charge in [0.25, 0.3) is 0 Å². The number of rotatable bonds is 4. The summed E-state index contributed by atoms with van der Waals surface area (Å²) in [6.45, 7) is 1.33. The maximum absolute atomic E-state index is 11.3. The molecule has 5 heteroatoms. The number of carboxylic acids is 1. The summed E-state index contributed by atoms with van der Waals surface area (Å²) in [5, 5.41) is 29.2. The molecule has 1 aromatic carbocycles. The number of nitrogens with zero attached hydrogens (tertiary/aromatic N) is 1. The van der Waals surface area contributed by atoms with Crippen LogP contribution in [-0.2, 0) is 4.79 Å². The van der Waals surface area contributed by atoms with E-state index in [-0.39, 0.29) is 5.75 Å². The van der Waals surface area contributed by atoms with Gasteiger partial charge in [0.2, 0.25) is 0 Å². The minimum atomic E-state index is -1.25. The first-order valence-corrected chi connectivity index (χ1v) is 4.72. The number of aliphatic hydroxyl groups excluding tert-OH is 1. The predicted octanol–water partition coefficient (Wildman–Crippen LogP) is 0.0131. The second-order valence-electron chi connectivity index (χ2n) is 3.34.